The van der Waals surface area contributed by atoms with Crippen LogP contribution in [0, 0.1) is 29.1 Å². The van der Waals surface area contributed by atoms with Gasteiger partial charge in [0.1, 0.15) is 0 Å². The lowest BCUT2D eigenvalue weighted by molar-refractivity contribution is 0.279. The topological polar surface area (TPSA) is 49.7 Å². The van der Waals surface area contributed by atoms with Crippen LogP contribution >= 0.6 is 0 Å². The molecule has 1 aliphatic rings. The van der Waals surface area contributed by atoms with Crippen LogP contribution in [0.1, 0.15) is 11.8 Å². The Balaban J connectivity index is 2.02. The number of rotatable bonds is 3. The Morgan fingerprint density at radius 3 is 1.83 bits per heavy atom. The van der Waals surface area contributed by atoms with E-state index in [1.165, 1.54) is 30.3 Å². The van der Waals surface area contributed by atoms with Crippen molar-refractivity contribution >= 4 is 10.0 Å². The number of nitrogens with zero attached hydrogens (tertiary/aromatic N) is 1. The maximum Gasteiger partial charge on any atom is 0.267 e. The lowest BCUT2D eigenvalue weighted by atomic mass is 10.1. The largest absolute Gasteiger partial charge is 0.267 e. The highest BCUT2D eigenvalue weighted by molar-refractivity contribution is 7.89. The van der Waals surface area contributed by atoms with E-state index in [2.05, 4.69) is 4.84 Å². The van der Waals surface area contributed by atoms with Gasteiger partial charge < -0.3 is 0 Å². The minimum absolute atomic E-state index is 0.167. The number of hydrogen-bond donors (Lipinski definition) is 0. The van der Waals surface area contributed by atoms with Gasteiger partial charge in [-0.05, 0) is 16.6 Å². The predicted octanol–water partition coefficient (Wildman–Crippen LogP) is 3.02. The SMILES string of the molecule is O=S(=O)(c1ccccc1)N1OC1c1c(F)c(F)c(F)c(F)c1F. The highest BCUT2D eigenvalue weighted by Gasteiger charge is 2.52. The molecule has 3 rings (SSSR count). The van der Waals surface area contributed by atoms with E-state index in [0.717, 1.165) is 0 Å². The van der Waals surface area contributed by atoms with Crippen molar-refractivity contribution in [3.8, 4) is 0 Å². The monoisotopic (exact) mass is 351 g/mol. The van der Waals surface area contributed by atoms with Crippen LogP contribution < -0.4 is 0 Å². The summed E-state index contributed by atoms with van der Waals surface area (Å²) in [5, 5.41) is 0. The van der Waals surface area contributed by atoms with Crippen molar-refractivity contribution in [2.45, 2.75) is 11.1 Å². The molecule has 1 heterocycles. The van der Waals surface area contributed by atoms with E-state index in [1.807, 2.05) is 0 Å². The Bertz CT molecular complexity index is 859. The Labute approximate surface area is 126 Å². The minimum Gasteiger partial charge on any atom is -0.253 e. The first-order chi connectivity index (χ1) is 10.8. The van der Waals surface area contributed by atoms with Gasteiger partial charge in [0.25, 0.3) is 10.0 Å². The molecule has 0 aromatic heterocycles. The van der Waals surface area contributed by atoms with Gasteiger partial charge in [-0.25, -0.2) is 30.4 Å². The van der Waals surface area contributed by atoms with Gasteiger partial charge in [-0.15, -0.1) is 0 Å². The number of sulfonamides is 1. The summed E-state index contributed by atoms with van der Waals surface area (Å²) >= 11 is 0. The van der Waals surface area contributed by atoms with Crippen LogP contribution in [-0.4, -0.2) is 12.9 Å². The first-order valence-corrected chi connectivity index (χ1v) is 7.48. The number of hydrogen-bond acceptors (Lipinski definition) is 3. The average molecular weight is 351 g/mol. The summed E-state index contributed by atoms with van der Waals surface area (Å²) in [5.74, 6) is -11.0. The summed E-state index contributed by atoms with van der Waals surface area (Å²) in [6, 6.07) is 6.69. The summed E-state index contributed by atoms with van der Waals surface area (Å²) in [6.07, 6.45) is -1.93. The maximum atomic E-state index is 13.6. The van der Waals surface area contributed by atoms with Gasteiger partial charge in [0.15, 0.2) is 23.3 Å². The maximum absolute atomic E-state index is 13.6. The van der Waals surface area contributed by atoms with Gasteiger partial charge in [0.2, 0.25) is 12.0 Å². The number of benzene rings is 2. The molecule has 0 radical (unpaired) electrons. The summed E-state index contributed by atoms with van der Waals surface area (Å²) in [5.41, 5.74) is -1.36. The van der Waals surface area contributed by atoms with Crippen molar-refractivity contribution < 1.29 is 35.2 Å². The van der Waals surface area contributed by atoms with E-state index in [-0.39, 0.29) is 9.36 Å². The van der Waals surface area contributed by atoms with Crippen LogP contribution in [0.15, 0.2) is 35.2 Å². The molecule has 0 spiro atoms. The van der Waals surface area contributed by atoms with Gasteiger partial charge in [-0.2, -0.15) is 0 Å². The van der Waals surface area contributed by atoms with Gasteiger partial charge in [0.05, 0.1) is 10.5 Å². The molecule has 1 fully saturated rings. The third kappa shape index (κ3) is 2.38. The number of hydroxylamine groups is 1. The number of halogens is 5. The molecule has 2 unspecified atom stereocenters. The molecule has 0 amide bonds. The molecule has 0 bridgehead atoms. The van der Waals surface area contributed by atoms with Crippen molar-refractivity contribution in [1.82, 2.24) is 4.47 Å². The smallest absolute Gasteiger partial charge is 0.253 e. The molecule has 4 nitrogen and oxygen atoms in total. The van der Waals surface area contributed by atoms with Crippen molar-refractivity contribution in [2.75, 3.05) is 0 Å². The Morgan fingerprint density at radius 1 is 0.826 bits per heavy atom. The van der Waals surface area contributed by atoms with E-state index >= 15 is 0 Å². The lowest BCUT2D eigenvalue weighted by Crippen LogP contribution is -2.14. The van der Waals surface area contributed by atoms with Crippen LogP contribution in [0.4, 0.5) is 22.0 Å². The van der Waals surface area contributed by atoms with Gasteiger partial charge in [-0.1, -0.05) is 18.2 Å². The Morgan fingerprint density at radius 2 is 1.30 bits per heavy atom. The fourth-order valence-corrected chi connectivity index (χ4v) is 3.21. The first kappa shape index (κ1) is 15.8. The molecule has 2 aromatic rings. The van der Waals surface area contributed by atoms with E-state index in [4.69, 9.17) is 0 Å². The van der Waals surface area contributed by atoms with Crippen LogP contribution in [0.2, 0.25) is 0 Å². The van der Waals surface area contributed by atoms with Crippen LogP contribution in [0.5, 0.6) is 0 Å². The van der Waals surface area contributed by atoms with Gasteiger partial charge in [-0.3, -0.25) is 4.84 Å². The zero-order valence-electron chi connectivity index (χ0n) is 10.9. The Kier molecular flexibility index (Phi) is 3.62. The van der Waals surface area contributed by atoms with Gasteiger partial charge >= 0.3 is 0 Å². The van der Waals surface area contributed by atoms with Crippen LogP contribution in [-0.2, 0) is 14.9 Å². The highest BCUT2D eigenvalue weighted by Crippen LogP contribution is 2.45. The summed E-state index contributed by atoms with van der Waals surface area (Å²) in [4.78, 5) is 4.29. The fourth-order valence-electron chi connectivity index (χ4n) is 1.95. The second-order valence-corrected chi connectivity index (χ2v) is 6.30. The van der Waals surface area contributed by atoms with Crippen LogP contribution in [0.25, 0.3) is 0 Å². The molecule has 2 aromatic carbocycles. The van der Waals surface area contributed by atoms with E-state index in [0.29, 0.717) is 0 Å². The molecule has 1 saturated heterocycles. The second-order valence-electron chi connectivity index (χ2n) is 4.51. The molecule has 122 valence electrons. The summed E-state index contributed by atoms with van der Waals surface area (Å²) in [6.45, 7) is 0. The van der Waals surface area contributed by atoms with Crippen LogP contribution in [0.3, 0.4) is 0 Å². The quantitative estimate of drug-likeness (QED) is 0.370. The van der Waals surface area contributed by atoms with E-state index in [1.54, 1.807) is 0 Å². The third-order valence-corrected chi connectivity index (χ3v) is 4.74. The molecule has 0 N–H and O–H groups in total. The van der Waals surface area contributed by atoms with E-state index in [9.17, 15) is 30.4 Å². The zero-order valence-corrected chi connectivity index (χ0v) is 11.8. The van der Waals surface area contributed by atoms with Crippen molar-refractivity contribution in [3.63, 3.8) is 0 Å². The highest BCUT2D eigenvalue weighted by atomic mass is 32.2. The van der Waals surface area contributed by atoms with E-state index < -0.39 is 50.9 Å². The first-order valence-electron chi connectivity index (χ1n) is 6.04. The zero-order chi connectivity index (χ0) is 16.9. The van der Waals surface area contributed by atoms with Crippen molar-refractivity contribution in [2.24, 2.45) is 0 Å². The molecule has 0 saturated carbocycles. The minimum atomic E-state index is -4.29. The predicted molar refractivity (Wildman–Crippen MR) is 65.5 cm³/mol. The lowest BCUT2D eigenvalue weighted by Gasteiger charge is -2.06. The molecular formula is C13H6F5NO3S. The fraction of sp³-hybridized carbons (Fsp3) is 0.0769. The van der Waals surface area contributed by atoms with Crippen molar-refractivity contribution in [3.05, 3.63) is 65.0 Å². The van der Waals surface area contributed by atoms with Crippen molar-refractivity contribution in [1.29, 1.82) is 0 Å². The molecular weight excluding hydrogens is 345 g/mol. The molecule has 0 aliphatic carbocycles. The third-order valence-electron chi connectivity index (χ3n) is 3.12. The molecule has 2 atom stereocenters. The Hall–Kier alpha value is -2.04. The average Bonchev–Trinajstić information content (AvgIpc) is 3.33. The normalized spacial score (nSPS) is 20.6. The second kappa shape index (κ2) is 5.25. The van der Waals surface area contributed by atoms with Gasteiger partial charge in [0, 0.05) is 0 Å². The molecule has 10 heteroatoms. The summed E-state index contributed by atoms with van der Waals surface area (Å²) in [7, 11) is -4.29. The standard InChI is InChI=1S/C13H6F5NO3S/c14-8-7(9(15)11(17)12(18)10(8)16)13-19(22-13)23(20,21)6-4-2-1-3-5-6/h1-5,13H. The molecule has 1 aliphatic heterocycles. The molecule has 23 heavy (non-hydrogen) atoms. The summed E-state index contributed by atoms with van der Waals surface area (Å²) < 4.78 is 91.0.